The molecule has 2 aliphatic rings. The van der Waals surface area contributed by atoms with Crippen LogP contribution in [0.1, 0.15) is 38.7 Å². The fourth-order valence-electron chi connectivity index (χ4n) is 3.17. The Balaban J connectivity index is 1.97. The molecule has 1 aromatic carbocycles. The maximum atomic E-state index is 15.0. The third-order valence-electron chi connectivity index (χ3n) is 4.47. The Kier molecular flexibility index (Phi) is 3.98. The lowest BCUT2D eigenvalue weighted by atomic mass is 9.91. The van der Waals surface area contributed by atoms with Crippen molar-refractivity contribution >= 4 is 11.4 Å². The highest BCUT2D eigenvalue weighted by Gasteiger charge is 2.36. The van der Waals surface area contributed by atoms with E-state index in [1.165, 1.54) is 13.5 Å². The van der Waals surface area contributed by atoms with Crippen LogP contribution in [-0.2, 0) is 11.3 Å². The van der Waals surface area contributed by atoms with Crippen LogP contribution in [0.4, 0.5) is 10.1 Å². The van der Waals surface area contributed by atoms with Gasteiger partial charge in [-0.2, -0.15) is 0 Å². The van der Waals surface area contributed by atoms with Gasteiger partial charge in [-0.25, -0.2) is 4.39 Å². The molecule has 0 spiro atoms. The zero-order chi connectivity index (χ0) is 15.7. The van der Waals surface area contributed by atoms with Crippen LogP contribution in [0, 0.1) is 5.82 Å². The van der Waals surface area contributed by atoms with Gasteiger partial charge in [0.15, 0.2) is 11.6 Å². The first-order valence-electron chi connectivity index (χ1n) is 7.89. The number of halogens is 1. The summed E-state index contributed by atoms with van der Waals surface area (Å²) in [5, 5.41) is 4.04. The van der Waals surface area contributed by atoms with E-state index in [0.29, 0.717) is 17.9 Å². The molecule has 2 heterocycles. The van der Waals surface area contributed by atoms with Gasteiger partial charge < -0.3 is 14.5 Å². The lowest BCUT2D eigenvalue weighted by molar-refractivity contribution is 0.146. The van der Waals surface area contributed by atoms with Crippen LogP contribution < -0.4 is 9.64 Å². The van der Waals surface area contributed by atoms with E-state index in [1.807, 2.05) is 26.0 Å². The highest BCUT2D eigenvalue weighted by molar-refractivity contribution is 5.95. The molecule has 120 valence electrons. The van der Waals surface area contributed by atoms with E-state index < -0.39 is 5.60 Å². The van der Waals surface area contributed by atoms with E-state index in [4.69, 9.17) is 9.57 Å². The van der Waals surface area contributed by atoms with Crippen molar-refractivity contribution in [1.29, 1.82) is 0 Å². The van der Waals surface area contributed by atoms with Gasteiger partial charge in [0.2, 0.25) is 0 Å². The van der Waals surface area contributed by atoms with Crippen molar-refractivity contribution in [1.82, 2.24) is 0 Å². The van der Waals surface area contributed by atoms with Gasteiger partial charge in [0.05, 0.1) is 5.69 Å². The SMILES string of the molecule is CON=C1Cc2ccc(N3CCCCC3)c(F)c2OC1(C)C. The zero-order valence-corrected chi connectivity index (χ0v) is 13.5. The van der Waals surface area contributed by atoms with Crippen LogP contribution in [0.5, 0.6) is 5.75 Å². The Hall–Kier alpha value is -1.78. The number of anilines is 1. The molecule has 0 amide bonds. The summed E-state index contributed by atoms with van der Waals surface area (Å²) in [5.41, 5.74) is 1.59. The second-order valence-electron chi connectivity index (χ2n) is 6.44. The minimum atomic E-state index is -0.662. The van der Waals surface area contributed by atoms with Gasteiger partial charge in [-0.05, 0) is 39.2 Å². The van der Waals surface area contributed by atoms with Crippen molar-refractivity contribution in [3.8, 4) is 5.75 Å². The standard InChI is InChI=1S/C17H23FN2O2/c1-17(2)14(19-21-3)11-12-7-8-13(15(18)16(12)22-17)20-9-5-4-6-10-20/h7-8H,4-6,9-11H2,1-3H3. The molecule has 1 aromatic rings. The Morgan fingerprint density at radius 2 is 1.95 bits per heavy atom. The molecule has 3 rings (SSSR count). The number of hydrogen-bond donors (Lipinski definition) is 0. The Morgan fingerprint density at radius 1 is 1.23 bits per heavy atom. The van der Waals surface area contributed by atoms with Crippen LogP contribution in [0.15, 0.2) is 17.3 Å². The molecule has 0 bridgehead atoms. The predicted octanol–water partition coefficient (Wildman–Crippen LogP) is 3.53. The van der Waals surface area contributed by atoms with E-state index in [2.05, 4.69) is 10.1 Å². The number of piperidine rings is 1. The van der Waals surface area contributed by atoms with Gasteiger partial charge in [0.1, 0.15) is 18.4 Å². The van der Waals surface area contributed by atoms with Crippen LogP contribution in [0.25, 0.3) is 0 Å². The smallest absolute Gasteiger partial charge is 0.188 e. The second-order valence-corrected chi connectivity index (χ2v) is 6.44. The number of rotatable bonds is 2. The third kappa shape index (κ3) is 2.64. The van der Waals surface area contributed by atoms with Crippen molar-refractivity contribution in [2.45, 2.75) is 45.1 Å². The predicted molar refractivity (Wildman–Crippen MR) is 85.3 cm³/mol. The summed E-state index contributed by atoms with van der Waals surface area (Å²) < 4.78 is 20.9. The molecule has 5 heteroatoms. The van der Waals surface area contributed by atoms with E-state index in [1.54, 1.807) is 0 Å². The van der Waals surface area contributed by atoms with E-state index in [9.17, 15) is 4.39 Å². The molecule has 4 nitrogen and oxygen atoms in total. The Bertz CT molecular complexity index is 593. The molecule has 0 aromatic heterocycles. The minimum Gasteiger partial charge on any atom is -0.478 e. The molecule has 0 unspecified atom stereocenters. The number of benzene rings is 1. The summed E-state index contributed by atoms with van der Waals surface area (Å²) in [7, 11) is 1.51. The fourth-order valence-corrected chi connectivity index (χ4v) is 3.17. The number of nitrogens with zero attached hydrogens (tertiary/aromatic N) is 2. The number of hydrogen-bond acceptors (Lipinski definition) is 4. The van der Waals surface area contributed by atoms with Crippen molar-refractivity contribution in [2.24, 2.45) is 5.16 Å². The summed E-state index contributed by atoms with van der Waals surface area (Å²) in [5.74, 6) is 0.118. The molecular weight excluding hydrogens is 283 g/mol. The van der Waals surface area contributed by atoms with Crippen LogP contribution in [0.3, 0.4) is 0 Å². The van der Waals surface area contributed by atoms with Gasteiger partial charge in [0.25, 0.3) is 0 Å². The summed E-state index contributed by atoms with van der Waals surface area (Å²) in [4.78, 5) is 7.01. The highest BCUT2D eigenvalue weighted by atomic mass is 19.1. The molecule has 2 aliphatic heterocycles. The summed E-state index contributed by atoms with van der Waals surface area (Å²) in [6, 6.07) is 3.81. The minimum absolute atomic E-state index is 0.246. The van der Waals surface area contributed by atoms with Gasteiger partial charge in [-0.1, -0.05) is 11.2 Å². The monoisotopic (exact) mass is 306 g/mol. The highest BCUT2D eigenvalue weighted by Crippen LogP contribution is 2.38. The van der Waals surface area contributed by atoms with E-state index in [-0.39, 0.29) is 5.82 Å². The molecule has 0 atom stereocenters. The van der Waals surface area contributed by atoms with Crippen LogP contribution in [0.2, 0.25) is 0 Å². The normalized spacial score (nSPS) is 22.2. The summed E-state index contributed by atoms with van der Waals surface area (Å²) in [6.07, 6.45) is 4.01. The van der Waals surface area contributed by atoms with Crippen molar-refractivity contribution in [3.63, 3.8) is 0 Å². The molecule has 1 fully saturated rings. The summed E-state index contributed by atoms with van der Waals surface area (Å²) >= 11 is 0. The largest absolute Gasteiger partial charge is 0.478 e. The van der Waals surface area contributed by atoms with Gasteiger partial charge in [-0.3, -0.25) is 0 Å². The molecule has 22 heavy (non-hydrogen) atoms. The number of oxime groups is 1. The summed E-state index contributed by atoms with van der Waals surface area (Å²) in [6.45, 7) is 5.60. The fraction of sp³-hybridized carbons (Fsp3) is 0.588. The van der Waals surface area contributed by atoms with E-state index >= 15 is 0 Å². The van der Waals surface area contributed by atoms with Crippen molar-refractivity contribution in [3.05, 3.63) is 23.5 Å². The number of ether oxygens (including phenoxy) is 1. The quantitative estimate of drug-likeness (QED) is 0.784. The Morgan fingerprint density at radius 3 is 2.64 bits per heavy atom. The van der Waals surface area contributed by atoms with Crippen LogP contribution >= 0.6 is 0 Å². The Labute approximate surface area is 130 Å². The first-order valence-corrected chi connectivity index (χ1v) is 7.89. The van der Waals surface area contributed by atoms with Gasteiger partial charge >= 0.3 is 0 Å². The molecule has 0 saturated carbocycles. The van der Waals surface area contributed by atoms with E-state index in [0.717, 1.165) is 37.2 Å². The molecule has 0 radical (unpaired) electrons. The molecule has 0 N–H and O–H groups in total. The van der Waals surface area contributed by atoms with Crippen molar-refractivity contribution < 1.29 is 14.0 Å². The molecule has 0 aliphatic carbocycles. The lowest BCUT2D eigenvalue weighted by Gasteiger charge is -2.35. The van der Waals surface area contributed by atoms with Gasteiger partial charge in [0, 0.05) is 25.1 Å². The van der Waals surface area contributed by atoms with Crippen molar-refractivity contribution in [2.75, 3.05) is 25.1 Å². The third-order valence-corrected chi connectivity index (χ3v) is 4.47. The van der Waals surface area contributed by atoms with Gasteiger partial charge in [-0.15, -0.1) is 0 Å². The van der Waals surface area contributed by atoms with Crippen LogP contribution in [-0.4, -0.2) is 31.5 Å². The lowest BCUT2D eigenvalue weighted by Crippen LogP contribution is -2.43. The maximum Gasteiger partial charge on any atom is 0.188 e. The molecule has 1 saturated heterocycles. The topological polar surface area (TPSA) is 34.1 Å². The first kappa shape index (κ1) is 15.1. The zero-order valence-electron chi connectivity index (χ0n) is 13.5. The first-order chi connectivity index (χ1) is 10.5. The molecular formula is C17H23FN2O2. The average Bonchev–Trinajstić information content (AvgIpc) is 2.50. The second kappa shape index (κ2) is 5.78. The maximum absolute atomic E-state index is 15.0. The average molecular weight is 306 g/mol. The number of fused-ring (bicyclic) bond motifs is 1.